The van der Waals surface area contributed by atoms with E-state index < -0.39 is 0 Å². The number of hydrogen-bond acceptors (Lipinski definition) is 4. The van der Waals surface area contributed by atoms with Crippen molar-refractivity contribution >= 4 is 18.5 Å². The summed E-state index contributed by atoms with van der Waals surface area (Å²) in [5.74, 6) is 3.62. The van der Waals surface area contributed by atoms with Crippen LogP contribution in [0.4, 0.5) is 0 Å². The molecule has 5 atom stereocenters. The molecule has 6 aliphatic rings. The quantitative estimate of drug-likeness (QED) is 0.197. The van der Waals surface area contributed by atoms with Crippen molar-refractivity contribution in [3.63, 3.8) is 0 Å². The third-order valence-electron chi connectivity index (χ3n) is 11.1. The van der Waals surface area contributed by atoms with E-state index in [0.717, 1.165) is 49.9 Å². The molecule has 2 aromatic rings. The summed E-state index contributed by atoms with van der Waals surface area (Å²) in [5.41, 5.74) is 5.33. The Labute approximate surface area is 265 Å². The molecule has 0 radical (unpaired) electrons. The number of rotatable bonds is 5. The number of hydrogen-bond donors (Lipinski definition) is 4. The van der Waals surface area contributed by atoms with E-state index in [1.54, 1.807) is 11.1 Å². The van der Waals surface area contributed by atoms with Gasteiger partial charge in [0.25, 0.3) is 0 Å². The Morgan fingerprint density at radius 3 is 1.85 bits per heavy atom. The molecule has 6 fully saturated rings. The van der Waals surface area contributed by atoms with Gasteiger partial charge in [0.05, 0.1) is 12.3 Å². The molecular weight excluding hydrogens is 582 g/mol. The van der Waals surface area contributed by atoms with Crippen LogP contribution in [0.5, 0.6) is 0 Å². The zero-order chi connectivity index (χ0) is 28.0. The molecule has 0 amide bonds. The van der Waals surface area contributed by atoms with Crippen LogP contribution in [-0.2, 0) is 33.1 Å². The second-order valence-corrected chi connectivity index (χ2v) is 16.1. The molecule has 4 nitrogen and oxygen atoms in total. The van der Waals surface area contributed by atoms with E-state index in [1.807, 2.05) is 30.3 Å². The van der Waals surface area contributed by atoms with Crippen molar-refractivity contribution in [1.82, 2.24) is 21.3 Å². The first-order valence-corrected chi connectivity index (χ1v) is 17.6. The van der Waals surface area contributed by atoms with Gasteiger partial charge in [-0.15, -0.1) is 24.0 Å². The molecule has 4 saturated carbocycles. The summed E-state index contributed by atoms with van der Waals surface area (Å²) in [7, 11) is 6.61. The van der Waals surface area contributed by atoms with Crippen molar-refractivity contribution in [2.45, 2.75) is 94.0 Å². The summed E-state index contributed by atoms with van der Waals surface area (Å²) < 4.78 is 0. The Kier molecular flexibility index (Phi) is 10.3. The molecule has 2 aliphatic heterocycles. The van der Waals surface area contributed by atoms with Crippen molar-refractivity contribution in [3.05, 3.63) is 59.2 Å². The first-order chi connectivity index (χ1) is 19.3. The van der Waals surface area contributed by atoms with E-state index in [0.29, 0.717) is 5.41 Å². The first kappa shape index (κ1) is 32.3. The molecule has 4 N–H and O–H groups in total. The van der Waals surface area contributed by atoms with Crippen LogP contribution in [0, 0.1) is 23.7 Å². The second kappa shape index (κ2) is 13.1. The van der Waals surface area contributed by atoms with E-state index in [1.165, 1.54) is 56.7 Å². The van der Waals surface area contributed by atoms with Crippen LogP contribution in [0.1, 0.15) is 82.4 Å². The monoisotopic (exact) mass is 636 g/mol. The van der Waals surface area contributed by atoms with Gasteiger partial charge in [0.2, 0.25) is 0 Å². The predicted molar refractivity (Wildman–Crippen MR) is 176 cm³/mol. The van der Waals surface area contributed by atoms with E-state index in [-0.39, 0.29) is 40.0 Å². The van der Waals surface area contributed by atoms with E-state index in [4.69, 9.17) is 0 Å². The maximum absolute atomic E-state index is 3.91. The van der Waals surface area contributed by atoms with Gasteiger partial charge in [0.15, 0.2) is 0 Å². The molecule has 7 heteroatoms. The van der Waals surface area contributed by atoms with Crippen molar-refractivity contribution in [2.24, 2.45) is 23.7 Å². The topological polar surface area (TPSA) is 48.1 Å². The summed E-state index contributed by atoms with van der Waals surface area (Å²) in [6.07, 6.45) is 11.4. The minimum atomic E-state index is -0.144. The minimum Gasteiger partial charge on any atom is -0.301 e. The maximum atomic E-state index is 3.91. The zero-order valence-corrected chi connectivity index (χ0v) is 28.9. The first-order valence-electron chi connectivity index (χ1n) is 16.2. The Morgan fingerprint density at radius 1 is 0.878 bits per heavy atom. The van der Waals surface area contributed by atoms with Gasteiger partial charge in [-0.1, -0.05) is 39.0 Å². The summed E-state index contributed by atoms with van der Waals surface area (Å²) >= 11 is 0. The van der Waals surface area contributed by atoms with Gasteiger partial charge >= 0.3 is 17.1 Å². The molecule has 0 aromatic heterocycles. The Bertz CT molecular complexity index is 1050. The summed E-state index contributed by atoms with van der Waals surface area (Å²) in [5, 5.41) is 15.5. The Balaban J connectivity index is 0.000000510. The van der Waals surface area contributed by atoms with Gasteiger partial charge in [0, 0.05) is 5.16 Å². The third kappa shape index (κ3) is 6.11. The van der Waals surface area contributed by atoms with E-state index in [2.05, 4.69) is 72.7 Å². The summed E-state index contributed by atoms with van der Waals surface area (Å²) in [6, 6.07) is 15.3. The van der Waals surface area contributed by atoms with Crippen LogP contribution >= 0.6 is 18.5 Å². The van der Waals surface area contributed by atoms with Crippen molar-refractivity contribution < 1.29 is 17.1 Å². The molecule has 2 heterocycles. The van der Waals surface area contributed by atoms with Crippen molar-refractivity contribution in [1.29, 1.82) is 0 Å². The van der Waals surface area contributed by atoms with Gasteiger partial charge in [-0.3, -0.25) is 0 Å². The molecule has 2 aromatic carbocycles. The molecular formula is C34H54FeN4P2. The molecule has 228 valence electrons. The Hall–Kier alpha value is -0.0805. The standard InChI is InChI=1S/C29H49N4P2.C5H5.Fe/c1-27(2,3)21-13-22(28-15-18-10-19(16-28)12-20(11-18)24(28)17-34)23(14-21)29(35,25-30-6-4-7-31-25)26-32-8-5-9-33-26;1-2-4-5-3-1;/h13-14,18-20,24-26,30-33H,4-12,15-17,34-35H2,1-3H3;1-5H;/q2*-1;+2. The van der Waals surface area contributed by atoms with Crippen LogP contribution < -0.4 is 21.3 Å². The normalized spacial score (nSPS) is 32.3. The Morgan fingerprint density at radius 2 is 1.41 bits per heavy atom. The maximum Gasteiger partial charge on any atom is 2.00 e. The second-order valence-electron chi connectivity index (χ2n) is 14.7. The molecule has 4 bridgehead atoms. The van der Waals surface area contributed by atoms with Gasteiger partial charge in [-0.05, 0) is 93.5 Å². The third-order valence-corrected chi connectivity index (χ3v) is 12.6. The fourth-order valence-corrected chi connectivity index (χ4v) is 11.0. The number of nitrogens with one attached hydrogen (secondary N) is 4. The van der Waals surface area contributed by atoms with E-state index >= 15 is 0 Å². The van der Waals surface area contributed by atoms with Crippen LogP contribution in [0.15, 0.2) is 42.5 Å². The van der Waals surface area contributed by atoms with Crippen molar-refractivity contribution in [2.75, 3.05) is 32.3 Å². The van der Waals surface area contributed by atoms with Gasteiger partial charge < -0.3 is 21.3 Å². The van der Waals surface area contributed by atoms with Gasteiger partial charge in [0.1, 0.15) is 0 Å². The smallest absolute Gasteiger partial charge is 0.301 e. The average molecular weight is 637 g/mol. The minimum absolute atomic E-state index is 0. The zero-order valence-electron chi connectivity index (χ0n) is 25.5. The van der Waals surface area contributed by atoms with Gasteiger partial charge in [-0.25, -0.2) is 18.2 Å². The fraction of sp³-hybridized carbons (Fsp3) is 0.706. The SMILES string of the molecule is CC(C)(C)c1cc(C23CC4CC(CC(C4)C2CP)C3)c(C(P)(C2NCCCN2)C2NCCCN2)[cH-]1.[Fe+2].c1cc[cH-]c1. The molecule has 0 spiro atoms. The van der Waals surface area contributed by atoms with E-state index in [9.17, 15) is 0 Å². The predicted octanol–water partition coefficient (Wildman–Crippen LogP) is 5.56. The van der Waals surface area contributed by atoms with Crippen LogP contribution in [-0.4, -0.2) is 44.7 Å². The fourth-order valence-electron chi connectivity index (χ4n) is 9.48. The molecule has 4 aliphatic carbocycles. The average Bonchev–Trinajstić information content (AvgIpc) is 3.68. The van der Waals surface area contributed by atoms with Crippen LogP contribution in [0.25, 0.3) is 0 Å². The summed E-state index contributed by atoms with van der Waals surface area (Å²) in [4.78, 5) is 0. The van der Waals surface area contributed by atoms with Crippen LogP contribution in [0.2, 0.25) is 0 Å². The molecule has 8 rings (SSSR count). The van der Waals surface area contributed by atoms with Crippen molar-refractivity contribution in [3.8, 4) is 0 Å². The molecule has 2 saturated heterocycles. The largest absolute Gasteiger partial charge is 2.00 e. The van der Waals surface area contributed by atoms with Gasteiger partial charge in [-0.2, -0.15) is 35.4 Å². The molecule has 5 unspecified atom stereocenters. The van der Waals surface area contributed by atoms with Crippen LogP contribution in [0.3, 0.4) is 0 Å². The summed E-state index contributed by atoms with van der Waals surface area (Å²) in [6.45, 7) is 11.6. The molecule has 41 heavy (non-hydrogen) atoms.